The van der Waals surface area contributed by atoms with Crippen molar-refractivity contribution in [3.05, 3.63) is 82.7 Å². The highest BCUT2D eigenvalue weighted by atomic mass is 35.5. The maximum Gasteiger partial charge on any atom is 0.345 e. The van der Waals surface area contributed by atoms with Crippen molar-refractivity contribution in [3.8, 4) is 34.1 Å². The highest BCUT2D eigenvalue weighted by Gasteiger charge is 2.27. The van der Waals surface area contributed by atoms with Crippen LogP contribution in [0, 0.1) is 22.4 Å². The first-order valence-electron chi connectivity index (χ1n) is 11.8. The summed E-state index contributed by atoms with van der Waals surface area (Å²) in [6.07, 6.45) is 5.77. The van der Waals surface area contributed by atoms with E-state index in [1.807, 2.05) is 6.07 Å². The van der Waals surface area contributed by atoms with Crippen molar-refractivity contribution in [1.82, 2.24) is 39.8 Å². The van der Waals surface area contributed by atoms with Crippen LogP contribution in [-0.2, 0) is 4.74 Å². The van der Waals surface area contributed by atoms with Gasteiger partial charge in [-0.15, -0.1) is 10.2 Å². The minimum atomic E-state index is -3.07. The third kappa shape index (κ3) is 5.62. The second kappa shape index (κ2) is 11.9. The number of benzene rings is 1. The molecule has 0 bridgehead atoms. The number of nitriles is 1. The third-order valence-electron chi connectivity index (χ3n) is 6.11. The first-order valence-corrected chi connectivity index (χ1v) is 12.2. The highest BCUT2D eigenvalue weighted by molar-refractivity contribution is 6.31. The van der Waals surface area contributed by atoms with Gasteiger partial charge < -0.3 is 9.94 Å². The van der Waals surface area contributed by atoms with Crippen LogP contribution in [0.25, 0.3) is 28.1 Å². The molecule has 12 nitrogen and oxygen atoms in total. The van der Waals surface area contributed by atoms with Gasteiger partial charge in [0.1, 0.15) is 12.1 Å². The number of aromatic nitrogens is 9. The van der Waals surface area contributed by atoms with Crippen LogP contribution >= 0.6 is 11.6 Å². The summed E-state index contributed by atoms with van der Waals surface area (Å²) in [7, 11) is 0. The zero-order valence-electron chi connectivity index (χ0n) is 20.9. The number of alkyl halides is 4. The van der Waals surface area contributed by atoms with Gasteiger partial charge in [0.2, 0.25) is 5.69 Å². The lowest BCUT2D eigenvalue weighted by molar-refractivity contribution is -0.615. The summed E-state index contributed by atoms with van der Waals surface area (Å²) in [5.41, 5.74) is 0.119. The van der Waals surface area contributed by atoms with Gasteiger partial charge in [-0.1, -0.05) is 22.0 Å². The van der Waals surface area contributed by atoms with Crippen molar-refractivity contribution >= 4 is 11.6 Å². The van der Waals surface area contributed by atoms with E-state index in [2.05, 4.69) is 30.5 Å². The monoisotopic (exact) mass is 606 g/mol. The van der Waals surface area contributed by atoms with Gasteiger partial charge in [-0.25, -0.2) is 9.07 Å². The van der Waals surface area contributed by atoms with Gasteiger partial charge in [0, 0.05) is 24.2 Å². The normalized spacial score (nSPS) is 12.3. The van der Waals surface area contributed by atoms with Crippen LogP contribution < -0.4 is 4.73 Å². The molecule has 42 heavy (non-hydrogen) atoms. The fourth-order valence-corrected chi connectivity index (χ4v) is 4.41. The molecule has 0 saturated carbocycles. The number of pyridine rings is 1. The smallest absolute Gasteiger partial charge is 0.345 e. The molecular formula is C24H16ClF5N10O2. The van der Waals surface area contributed by atoms with Gasteiger partial charge >= 0.3 is 13.2 Å². The van der Waals surface area contributed by atoms with Crippen LogP contribution in [0.5, 0.6) is 0 Å². The lowest BCUT2D eigenvalue weighted by atomic mass is 10.0. The van der Waals surface area contributed by atoms with Crippen LogP contribution in [-0.4, -0.2) is 53.0 Å². The molecule has 0 N–H and O–H groups in total. The Morgan fingerprint density at radius 1 is 1.07 bits per heavy atom. The molecule has 1 aromatic carbocycles. The van der Waals surface area contributed by atoms with E-state index in [1.54, 1.807) is 0 Å². The summed E-state index contributed by atoms with van der Waals surface area (Å²) >= 11 is 6.01. The Labute approximate surface area is 237 Å². The lowest BCUT2D eigenvalue weighted by Crippen LogP contribution is -2.36. The highest BCUT2D eigenvalue weighted by Crippen LogP contribution is 2.34. The van der Waals surface area contributed by atoms with Gasteiger partial charge in [-0.05, 0) is 18.2 Å². The predicted octanol–water partition coefficient (Wildman–Crippen LogP) is 4.30. The molecule has 0 amide bonds. The predicted molar refractivity (Wildman–Crippen MR) is 133 cm³/mol. The molecule has 0 spiro atoms. The maximum atomic E-state index is 15.3. The molecule has 0 unspecified atom stereocenters. The van der Waals surface area contributed by atoms with E-state index in [9.17, 15) is 22.8 Å². The Balaban J connectivity index is 1.55. The number of hydrogen-bond acceptors (Lipinski definition) is 8. The van der Waals surface area contributed by atoms with E-state index >= 15 is 4.39 Å². The summed E-state index contributed by atoms with van der Waals surface area (Å²) in [4.78, 5) is 0. The SMILES string of the molecule is N#Cc1cn(-c2ccc(Cl)c(F)c2-c2ccc([C@H](CCOC(F)F)n3cc(-c4cnnn4C(F)F)cn3)[n+]([O-])c2)nn1. The first kappa shape index (κ1) is 28.6. The Bertz CT molecular complexity index is 1770. The quantitative estimate of drug-likeness (QED) is 0.130. The summed E-state index contributed by atoms with van der Waals surface area (Å²) in [5.74, 6) is -0.876. The van der Waals surface area contributed by atoms with Crippen LogP contribution in [0.3, 0.4) is 0 Å². The molecule has 4 aromatic heterocycles. The molecule has 18 heteroatoms. The molecule has 5 aromatic rings. The minimum Gasteiger partial charge on any atom is -0.618 e. The average Bonchev–Trinajstić information content (AvgIpc) is 3.73. The van der Waals surface area contributed by atoms with Crippen molar-refractivity contribution in [2.45, 2.75) is 25.6 Å². The van der Waals surface area contributed by atoms with Crippen molar-refractivity contribution in [2.24, 2.45) is 0 Å². The fraction of sp³-hybridized carbons (Fsp3) is 0.208. The number of rotatable bonds is 10. The van der Waals surface area contributed by atoms with Crippen LogP contribution in [0.2, 0.25) is 5.02 Å². The van der Waals surface area contributed by atoms with E-state index in [4.69, 9.17) is 16.9 Å². The molecule has 1 atom stereocenters. The van der Waals surface area contributed by atoms with Gasteiger partial charge in [-0.2, -0.15) is 37.3 Å². The van der Waals surface area contributed by atoms with E-state index in [0.717, 1.165) is 17.1 Å². The summed E-state index contributed by atoms with van der Waals surface area (Å²) in [6, 6.07) is 6.21. The van der Waals surface area contributed by atoms with Crippen molar-refractivity contribution in [3.63, 3.8) is 0 Å². The first-order chi connectivity index (χ1) is 20.2. The zero-order chi connectivity index (χ0) is 30.0. The third-order valence-corrected chi connectivity index (χ3v) is 6.41. The Morgan fingerprint density at radius 3 is 2.57 bits per heavy atom. The number of halogens is 6. The number of nitrogens with zero attached hydrogens (tertiary/aromatic N) is 10. The molecule has 0 radical (unpaired) electrons. The molecule has 0 aliphatic heterocycles. The lowest BCUT2D eigenvalue weighted by Gasteiger charge is -2.18. The van der Waals surface area contributed by atoms with Gasteiger partial charge in [0.15, 0.2) is 17.7 Å². The van der Waals surface area contributed by atoms with Crippen molar-refractivity contribution < 1.29 is 31.4 Å². The molecule has 216 valence electrons. The van der Waals surface area contributed by atoms with Crippen LogP contribution in [0.1, 0.15) is 30.4 Å². The summed E-state index contributed by atoms with van der Waals surface area (Å²) in [6.45, 7) is -6.55. The summed E-state index contributed by atoms with van der Waals surface area (Å²) in [5, 5.41) is 40.6. The minimum absolute atomic E-state index is 0.0109. The van der Waals surface area contributed by atoms with Crippen LogP contribution in [0.15, 0.2) is 55.2 Å². The Hall–Kier alpha value is -4.95. The van der Waals surface area contributed by atoms with Crippen LogP contribution in [0.4, 0.5) is 22.0 Å². The number of ether oxygens (including phenoxy) is 1. The van der Waals surface area contributed by atoms with Crippen molar-refractivity contribution in [1.29, 1.82) is 5.26 Å². The average molecular weight is 607 g/mol. The standard InChI is InChI=1S/C24H16ClF5N10O2/c25-16-2-4-19(38-12-15(7-31)34-36-38)21(22(16)26)13-1-3-18(39(41)11-13)17(5-6-42-24(29)30)37-10-14(8-33-37)20-9-32-35-40(20)23(27)28/h1-4,8-12,17,23-24H,5-6H2/t17-/m0/s1. The fourth-order valence-electron chi connectivity index (χ4n) is 4.26. The Kier molecular flexibility index (Phi) is 8.08. The van der Waals surface area contributed by atoms with E-state index in [1.165, 1.54) is 47.5 Å². The molecule has 5 rings (SSSR count). The zero-order valence-corrected chi connectivity index (χ0v) is 21.7. The molecule has 0 aliphatic carbocycles. The second-order valence-electron chi connectivity index (χ2n) is 8.57. The van der Waals surface area contributed by atoms with Gasteiger partial charge in [0.05, 0.1) is 52.7 Å². The topological polar surface area (TPSA) is 139 Å². The molecular weight excluding hydrogens is 591 g/mol. The Morgan fingerprint density at radius 2 is 1.88 bits per heavy atom. The number of hydrogen-bond donors (Lipinski definition) is 0. The largest absolute Gasteiger partial charge is 0.618 e. The molecule has 0 aliphatic rings. The molecule has 0 saturated heterocycles. The maximum absolute atomic E-state index is 15.3. The summed E-state index contributed by atoms with van der Waals surface area (Å²) < 4.78 is 74.8. The second-order valence-corrected chi connectivity index (χ2v) is 8.98. The van der Waals surface area contributed by atoms with Crippen molar-refractivity contribution in [2.75, 3.05) is 6.61 Å². The van der Waals surface area contributed by atoms with E-state index in [0.29, 0.717) is 9.41 Å². The molecule has 4 heterocycles. The van der Waals surface area contributed by atoms with Gasteiger partial charge in [-0.3, -0.25) is 4.68 Å². The van der Waals surface area contributed by atoms with Gasteiger partial charge in [0.25, 0.3) is 0 Å². The van der Waals surface area contributed by atoms with E-state index in [-0.39, 0.29) is 50.9 Å². The van der Waals surface area contributed by atoms with E-state index < -0.39 is 31.6 Å². The molecule has 0 fully saturated rings.